The summed E-state index contributed by atoms with van der Waals surface area (Å²) in [5, 5.41) is 0. The maximum Gasteiger partial charge on any atom is 0.205 e. The number of rotatable bonds is 3. The Kier molecular flexibility index (Phi) is 2.74. The molecule has 0 radical (unpaired) electrons. The van der Waals surface area contributed by atoms with E-state index in [4.69, 9.17) is 5.73 Å². The van der Waals surface area contributed by atoms with Crippen molar-refractivity contribution in [2.24, 2.45) is 18.2 Å². The first-order valence-electron chi connectivity index (χ1n) is 4.99. The molecule has 0 atom stereocenters. The standard InChI is InChI=1S/C11H19N3O/c1-10(2,11(3,4)12)8(15)9-13-6-7-14(9)5/h6-7H,12H2,1-5H3. The fourth-order valence-electron chi connectivity index (χ4n) is 1.16. The molecule has 0 saturated heterocycles. The zero-order chi connectivity index (χ0) is 11.9. The van der Waals surface area contributed by atoms with Gasteiger partial charge < -0.3 is 10.3 Å². The number of ketones is 1. The summed E-state index contributed by atoms with van der Waals surface area (Å²) in [7, 11) is 1.81. The van der Waals surface area contributed by atoms with Crippen molar-refractivity contribution in [2.45, 2.75) is 33.2 Å². The molecule has 0 aromatic carbocycles. The zero-order valence-corrected chi connectivity index (χ0v) is 10.0. The molecule has 1 heterocycles. The van der Waals surface area contributed by atoms with E-state index >= 15 is 0 Å². The van der Waals surface area contributed by atoms with Crippen LogP contribution in [-0.4, -0.2) is 20.9 Å². The summed E-state index contributed by atoms with van der Waals surface area (Å²) in [5.74, 6) is 0.432. The van der Waals surface area contributed by atoms with E-state index in [2.05, 4.69) is 4.98 Å². The smallest absolute Gasteiger partial charge is 0.205 e. The highest BCUT2D eigenvalue weighted by Gasteiger charge is 2.42. The first-order chi connectivity index (χ1) is 6.68. The number of imidazole rings is 1. The highest BCUT2D eigenvalue weighted by molar-refractivity contribution is 5.98. The van der Waals surface area contributed by atoms with Crippen LogP contribution in [0.2, 0.25) is 0 Å². The molecule has 15 heavy (non-hydrogen) atoms. The molecule has 0 unspecified atom stereocenters. The first-order valence-corrected chi connectivity index (χ1v) is 4.99. The number of hydrogen-bond donors (Lipinski definition) is 1. The van der Waals surface area contributed by atoms with Gasteiger partial charge in [0.1, 0.15) is 0 Å². The van der Waals surface area contributed by atoms with Crippen LogP contribution in [0, 0.1) is 5.41 Å². The third kappa shape index (κ3) is 1.95. The van der Waals surface area contributed by atoms with E-state index in [1.54, 1.807) is 24.0 Å². The van der Waals surface area contributed by atoms with Crippen LogP contribution < -0.4 is 5.73 Å². The number of hydrogen-bond acceptors (Lipinski definition) is 3. The Balaban J connectivity index is 3.11. The Morgan fingerprint density at radius 2 is 1.93 bits per heavy atom. The highest BCUT2D eigenvalue weighted by atomic mass is 16.1. The second-order valence-electron chi connectivity index (χ2n) is 5.04. The minimum Gasteiger partial charge on any atom is -0.332 e. The van der Waals surface area contributed by atoms with E-state index in [0.717, 1.165) is 0 Å². The molecule has 0 aliphatic heterocycles. The molecule has 0 bridgehead atoms. The molecule has 0 amide bonds. The van der Waals surface area contributed by atoms with Crippen molar-refractivity contribution >= 4 is 5.78 Å². The number of Topliss-reactive ketones (excluding diaryl/α,β-unsaturated/α-hetero) is 1. The SMILES string of the molecule is Cn1ccnc1C(=O)C(C)(C)C(C)(C)N. The van der Waals surface area contributed by atoms with E-state index in [9.17, 15) is 4.79 Å². The molecule has 84 valence electrons. The maximum absolute atomic E-state index is 12.2. The van der Waals surface area contributed by atoms with E-state index in [1.807, 2.05) is 27.7 Å². The molecule has 4 nitrogen and oxygen atoms in total. The molecule has 4 heteroatoms. The van der Waals surface area contributed by atoms with Gasteiger partial charge in [0.15, 0.2) is 5.82 Å². The summed E-state index contributed by atoms with van der Waals surface area (Å²) in [5.41, 5.74) is 4.81. The van der Waals surface area contributed by atoms with Gasteiger partial charge in [-0.1, -0.05) is 13.8 Å². The van der Waals surface area contributed by atoms with Gasteiger partial charge in [-0.05, 0) is 13.8 Å². The highest BCUT2D eigenvalue weighted by Crippen LogP contribution is 2.31. The first kappa shape index (κ1) is 11.9. The van der Waals surface area contributed by atoms with E-state index in [0.29, 0.717) is 5.82 Å². The van der Waals surface area contributed by atoms with Gasteiger partial charge in [0, 0.05) is 30.4 Å². The number of carbonyl (C=O) groups is 1. The molecule has 0 saturated carbocycles. The molecular weight excluding hydrogens is 190 g/mol. The van der Waals surface area contributed by atoms with E-state index < -0.39 is 11.0 Å². The number of nitrogens with two attached hydrogens (primary N) is 1. The van der Waals surface area contributed by atoms with Crippen LogP contribution in [0.25, 0.3) is 0 Å². The number of nitrogens with zero attached hydrogens (tertiary/aromatic N) is 2. The van der Waals surface area contributed by atoms with Crippen molar-refractivity contribution < 1.29 is 4.79 Å². The molecule has 0 spiro atoms. The summed E-state index contributed by atoms with van der Waals surface area (Å²) in [6.07, 6.45) is 3.37. The van der Waals surface area contributed by atoms with Crippen LogP contribution in [-0.2, 0) is 7.05 Å². The zero-order valence-electron chi connectivity index (χ0n) is 10.0. The lowest BCUT2D eigenvalue weighted by Crippen LogP contribution is -2.52. The monoisotopic (exact) mass is 209 g/mol. The third-order valence-corrected chi connectivity index (χ3v) is 3.20. The van der Waals surface area contributed by atoms with Gasteiger partial charge >= 0.3 is 0 Å². The average Bonchev–Trinajstić information content (AvgIpc) is 2.48. The minimum atomic E-state index is -0.633. The van der Waals surface area contributed by atoms with Crippen LogP contribution in [0.15, 0.2) is 12.4 Å². The Hall–Kier alpha value is -1.16. The van der Waals surface area contributed by atoms with Gasteiger partial charge in [-0.3, -0.25) is 4.79 Å². The fraction of sp³-hybridized carbons (Fsp3) is 0.636. The fourth-order valence-corrected chi connectivity index (χ4v) is 1.16. The van der Waals surface area contributed by atoms with Crippen molar-refractivity contribution in [1.29, 1.82) is 0 Å². The van der Waals surface area contributed by atoms with Gasteiger partial charge in [-0.25, -0.2) is 4.98 Å². The van der Waals surface area contributed by atoms with Crippen molar-refractivity contribution in [2.75, 3.05) is 0 Å². The topological polar surface area (TPSA) is 60.9 Å². The predicted octanol–water partition coefficient (Wildman–Crippen LogP) is 1.37. The summed E-state index contributed by atoms with van der Waals surface area (Å²) in [6, 6.07) is 0. The Bertz CT molecular complexity index is 371. The Labute approximate surface area is 90.5 Å². The van der Waals surface area contributed by atoms with E-state index in [1.165, 1.54) is 0 Å². The summed E-state index contributed by atoms with van der Waals surface area (Å²) < 4.78 is 1.72. The van der Waals surface area contributed by atoms with Crippen LogP contribution in [0.3, 0.4) is 0 Å². The number of carbonyl (C=O) groups excluding carboxylic acids is 1. The normalized spacial score (nSPS) is 12.9. The second-order valence-corrected chi connectivity index (χ2v) is 5.04. The largest absolute Gasteiger partial charge is 0.332 e. The summed E-state index contributed by atoms with van der Waals surface area (Å²) in [4.78, 5) is 16.3. The molecule has 0 fully saturated rings. The van der Waals surface area contributed by atoms with Crippen molar-refractivity contribution in [3.05, 3.63) is 18.2 Å². The summed E-state index contributed by atoms with van der Waals surface area (Å²) >= 11 is 0. The van der Waals surface area contributed by atoms with Crippen molar-refractivity contribution in [3.8, 4) is 0 Å². The maximum atomic E-state index is 12.2. The van der Waals surface area contributed by atoms with Crippen molar-refractivity contribution in [3.63, 3.8) is 0 Å². The molecule has 1 rings (SSSR count). The lowest BCUT2D eigenvalue weighted by molar-refractivity contribution is 0.0719. The van der Waals surface area contributed by atoms with Crippen LogP contribution >= 0.6 is 0 Å². The van der Waals surface area contributed by atoms with Gasteiger partial charge in [-0.2, -0.15) is 0 Å². The van der Waals surface area contributed by atoms with Crippen LogP contribution in [0.5, 0.6) is 0 Å². The number of aromatic nitrogens is 2. The van der Waals surface area contributed by atoms with Crippen molar-refractivity contribution in [1.82, 2.24) is 9.55 Å². The Morgan fingerprint density at radius 3 is 2.27 bits per heavy atom. The second kappa shape index (κ2) is 3.45. The molecule has 0 aliphatic carbocycles. The lowest BCUT2D eigenvalue weighted by Gasteiger charge is -2.36. The van der Waals surface area contributed by atoms with Crippen LogP contribution in [0.1, 0.15) is 38.3 Å². The summed E-state index contributed by atoms with van der Waals surface area (Å²) in [6.45, 7) is 7.41. The molecular formula is C11H19N3O. The van der Waals surface area contributed by atoms with Gasteiger partial charge in [0.2, 0.25) is 5.78 Å². The Morgan fingerprint density at radius 1 is 1.40 bits per heavy atom. The van der Waals surface area contributed by atoms with Gasteiger partial charge in [0.05, 0.1) is 0 Å². The molecule has 1 aromatic heterocycles. The average molecular weight is 209 g/mol. The van der Waals surface area contributed by atoms with Crippen LogP contribution in [0.4, 0.5) is 0 Å². The lowest BCUT2D eigenvalue weighted by atomic mass is 9.72. The van der Waals surface area contributed by atoms with E-state index in [-0.39, 0.29) is 5.78 Å². The predicted molar refractivity (Wildman–Crippen MR) is 59.6 cm³/mol. The minimum absolute atomic E-state index is 0.0255. The quantitative estimate of drug-likeness (QED) is 0.765. The third-order valence-electron chi connectivity index (χ3n) is 3.20. The molecule has 1 aromatic rings. The molecule has 2 N–H and O–H groups in total. The molecule has 0 aliphatic rings. The van der Waals surface area contributed by atoms with Gasteiger partial charge in [-0.15, -0.1) is 0 Å². The number of aryl methyl sites for hydroxylation is 1. The van der Waals surface area contributed by atoms with Gasteiger partial charge in [0.25, 0.3) is 0 Å².